The van der Waals surface area contributed by atoms with Gasteiger partial charge in [0.05, 0.1) is 5.56 Å². The Morgan fingerprint density at radius 3 is 2.29 bits per heavy atom. The SMILES string of the molecule is CCCC(=O)OCc1ccc(C(F)(F)F)cc1. The zero-order valence-corrected chi connectivity index (χ0v) is 9.38. The summed E-state index contributed by atoms with van der Waals surface area (Å²) in [4.78, 5) is 11.0. The number of ether oxygens (including phenoxy) is 1. The third-order valence-corrected chi connectivity index (χ3v) is 2.14. The van der Waals surface area contributed by atoms with Gasteiger partial charge >= 0.3 is 12.1 Å². The van der Waals surface area contributed by atoms with E-state index in [9.17, 15) is 18.0 Å². The molecule has 17 heavy (non-hydrogen) atoms. The number of alkyl halides is 3. The molecule has 0 saturated carbocycles. The van der Waals surface area contributed by atoms with E-state index in [1.165, 1.54) is 12.1 Å². The fourth-order valence-corrected chi connectivity index (χ4v) is 1.23. The maximum Gasteiger partial charge on any atom is 0.416 e. The average Bonchev–Trinajstić information content (AvgIpc) is 2.26. The van der Waals surface area contributed by atoms with E-state index in [4.69, 9.17) is 4.74 Å². The highest BCUT2D eigenvalue weighted by Crippen LogP contribution is 2.29. The van der Waals surface area contributed by atoms with Gasteiger partial charge in [-0.3, -0.25) is 4.79 Å². The lowest BCUT2D eigenvalue weighted by atomic mass is 10.1. The van der Waals surface area contributed by atoms with Crippen molar-refractivity contribution < 1.29 is 22.7 Å². The molecule has 0 amide bonds. The summed E-state index contributed by atoms with van der Waals surface area (Å²) in [7, 11) is 0. The minimum Gasteiger partial charge on any atom is -0.461 e. The molecule has 1 aromatic rings. The van der Waals surface area contributed by atoms with E-state index in [2.05, 4.69) is 0 Å². The predicted octanol–water partition coefficient (Wildman–Crippen LogP) is 3.55. The number of esters is 1. The van der Waals surface area contributed by atoms with Crippen molar-refractivity contribution >= 4 is 5.97 Å². The van der Waals surface area contributed by atoms with Crippen molar-refractivity contribution in [1.29, 1.82) is 0 Å². The van der Waals surface area contributed by atoms with Crippen molar-refractivity contribution in [1.82, 2.24) is 0 Å². The topological polar surface area (TPSA) is 26.3 Å². The molecule has 0 unspecified atom stereocenters. The van der Waals surface area contributed by atoms with Crippen molar-refractivity contribution in [2.24, 2.45) is 0 Å². The van der Waals surface area contributed by atoms with Crippen molar-refractivity contribution in [3.05, 3.63) is 35.4 Å². The van der Waals surface area contributed by atoms with E-state index in [1.807, 2.05) is 6.92 Å². The van der Waals surface area contributed by atoms with Crippen LogP contribution in [0, 0.1) is 0 Å². The summed E-state index contributed by atoms with van der Waals surface area (Å²) in [6.45, 7) is 1.86. The van der Waals surface area contributed by atoms with Gasteiger partial charge < -0.3 is 4.74 Å². The molecule has 5 heteroatoms. The second kappa shape index (κ2) is 5.70. The Morgan fingerprint density at radius 1 is 1.24 bits per heavy atom. The number of carbonyl (C=O) groups is 1. The van der Waals surface area contributed by atoms with Crippen LogP contribution in [0.25, 0.3) is 0 Å². The Kier molecular flexibility index (Phi) is 4.54. The summed E-state index contributed by atoms with van der Waals surface area (Å²) in [6.07, 6.45) is -3.33. The third-order valence-electron chi connectivity index (χ3n) is 2.14. The van der Waals surface area contributed by atoms with Crippen LogP contribution in [0.2, 0.25) is 0 Å². The van der Waals surface area contributed by atoms with Crippen molar-refractivity contribution in [2.75, 3.05) is 0 Å². The normalized spacial score (nSPS) is 11.3. The molecule has 0 atom stereocenters. The third kappa shape index (κ3) is 4.46. The number of hydrogen-bond donors (Lipinski definition) is 0. The molecule has 0 heterocycles. The van der Waals surface area contributed by atoms with Gasteiger partial charge in [-0.2, -0.15) is 13.2 Å². The van der Waals surface area contributed by atoms with Crippen LogP contribution in [0.3, 0.4) is 0 Å². The van der Waals surface area contributed by atoms with Crippen molar-refractivity contribution in [3.8, 4) is 0 Å². The summed E-state index contributed by atoms with van der Waals surface area (Å²) >= 11 is 0. The molecule has 0 aliphatic carbocycles. The van der Waals surface area contributed by atoms with Gasteiger partial charge in [0.2, 0.25) is 0 Å². The van der Waals surface area contributed by atoms with E-state index in [1.54, 1.807) is 0 Å². The van der Waals surface area contributed by atoms with Crippen LogP contribution in [-0.4, -0.2) is 5.97 Å². The second-order valence-electron chi connectivity index (χ2n) is 3.61. The zero-order valence-electron chi connectivity index (χ0n) is 9.38. The highest BCUT2D eigenvalue weighted by atomic mass is 19.4. The van der Waals surface area contributed by atoms with Crippen LogP contribution < -0.4 is 0 Å². The molecule has 0 N–H and O–H groups in total. The van der Waals surface area contributed by atoms with Crippen molar-refractivity contribution in [3.63, 3.8) is 0 Å². The molecule has 1 aromatic carbocycles. The maximum absolute atomic E-state index is 12.2. The molecule has 0 aliphatic rings. The number of benzene rings is 1. The molecular formula is C12H13F3O2. The van der Waals surface area contributed by atoms with Crippen molar-refractivity contribution in [2.45, 2.75) is 32.5 Å². The summed E-state index contributed by atoms with van der Waals surface area (Å²) in [6, 6.07) is 4.57. The van der Waals surface area contributed by atoms with Crippen LogP contribution in [0.5, 0.6) is 0 Å². The first-order valence-electron chi connectivity index (χ1n) is 5.25. The molecule has 94 valence electrons. The van der Waals surface area contributed by atoms with E-state index in [-0.39, 0.29) is 12.6 Å². The zero-order chi connectivity index (χ0) is 12.9. The Bertz CT molecular complexity index is 368. The first kappa shape index (κ1) is 13.5. The lowest BCUT2D eigenvalue weighted by molar-refractivity contribution is -0.145. The smallest absolute Gasteiger partial charge is 0.416 e. The fourth-order valence-electron chi connectivity index (χ4n) is 1.23. The molecule has 2 nitrogen and oxygen atoms in total. The number of halogens is 3. The molecule has 0 aromatic heterocycles. The van der Waals surface area contributed by atoms with Gasteiger partial charge in [-0.1, -0.05) is 19.1 Å². The van der Waals surface area contributed by atoms with Crippen LogP contribution >= 0.6 is 0 Å². The summed E-state index contributed by atoms with van der Waals surface area (Å²) in [5, 5.41) is 0. The minimum atomic E-state index is -4.34. The van der Waals surface area contributed by atoms with Crippen LogP contribution in [0.4, 0.5) is 13.2 Å². The van der Waals surface area contributed by atoms with E-state index in [0.29, 0.717) is 18.4 Å². The maximum atomic E-state index is 12.2. The summed E-state index contributed by atoms with van der Waals surface area (Å²) in [5.41, 5.74) is -0.163. The number of carbonyl (C=O) groups excluding carboxylic acids is 1. The quantitative estimate of drug-likeness (QED) is 0.759. The monoisotopic (exact) mass is 246 g/mol. The van der Waals surface area contributed by atoms with Gasteiger partial charge in [-0.05, 0) is 24.1 Å². The van der Waals surface area contributed by atoms with Gasteiger partial charge in [0.1, 0.15) is 6.61 Å². The standard InChI is InChI=1S/C12H13F3O2/c1-2-3-11(16)17-8-9-4-6-10(7-5-9)12(13,14)15/h4-7H,2-3,8H2,1H3. The second-order valence-corrected chi connectivity index (χ2v) is 3.61. The summed E-state index contributed by atoms with van der Waals surface area (Å²) < 4.78 is 41.6. The Balaban J connectivity index is 2.54. The highest BCUT2D eigenvalue weighted by molar-refractivity contribution is 5.69. The van der Waals surface area contributed by atoms with Gasteiger partial charge in [-0.15, -0.1) is 0 Å². The van der Waals surface area contributed by atoms with E-state index < -0.39 is 11.7 Å². The molecule has 0 spiro atoms. The Morgan fingerprint density at radius 2 is 1.82 bits per heavy atom. The Labute approximate surface area is 97.4 Å². The lowest BCUT2D eigenvalue weighted by Gasteiger charge is -2.08. The fraction of sp³-hybridized carbons (Fsp3) is 0.417. The highest BCUT2D eigenvalue weighted by Gasteiger charge is 2.29. The van der Waals surface area contributed by atoms with E-state index in [0.717, 1.165) is 12.1 Å². The molecule has 0 bridgehead atoms. The molecular weight excluding hydrogens is 233 g/mol. The van der Waals surface area contributed by atoms with Gasteiger partial charge in [0.25, 0.3) is 0 Å². The Hall–Kier alpha value is -1.52. The first-order valence-corrected chi connectivity index (χ1v) is 5.25. The minimum absolute atomic E-state index is 0.0109. The van der Waals surface area contributed by atoms with E-state index >= 15 is 0 Å². The van der Waals surface area contributed by atoms with Gasteiger partial charge in [-0.25, -0.2) is 0 Å². The van der Waals surface area contributed by atoms with Crippen LogP contribution in [0.1, 0.15) is 30.9 Å². The molecule has 0 aliphatic heterocycles. The molecule has 0 radical (unpaired) electrons. The number of hydrogen-bond acceptors (Lipinski definition) is 2. The molecule has 1 rings (SSSR count). The van der Waals surface area contributed by atoms with Crippen LogP contribution in [0.15, 0.2) is 24.3 Å². The molecule has 0 saturated heterocycles. The van der Waals surface area contributed by atoms with Gasteiger partial charge in [0.15, 0.2) is 0 Å². The average molecular weight is 246 g/mol. The lowest BCUT2D eigenvalue weighted by Crippen LogP contribution is -2.06. The van der Waals surface area contributed by atoms with Crippen LogP contribution in [-0.2, 0) is 22.3 Å². The predicted molar refractivity (Wildman–Crippen MR) is 56.1 cm³/mol. The molecule has 0 fully saturated rings. The largest absolute Gasteiger partial charge is 0.461 e. The number of rotatable bonds is 4. The first-order chi connectivity index (χ1) is 7.93. The van der Waals surface area contributed by atoms with Gasteiger partial charge in [0, 0.05) is 6.42 Å². The summed E-state index contributed by atoms with van der Waals surface area (Å²) in [5.74, 6) is -0.340.